The number of halogens is 1. The van der Waals surface area contributed by atoms with Crippen molar-refractivity contribution in [1.82, 2.24) is 10.6 Å². The first-order chi connectivity index (χ1) is 9.08. The highest BCUT2D eigenvalue weighted by Crippen LogP contribution is 2.14. The molecule has 0 saturated heterocycles. The number of benzene rings is 1. The molecule has 0 heterocycles. The predicted molar refractivity (Wildman–Crippen MR) is 76.3 cm³/mol. The quantitative estimate of drug-likeness (QED) is 0.842. The summed E-state index contributed by atoms with van der Waals surface area (Å²) in [5.41, 5.74) is 0.375. The Labute approximate surface area is 118 Å². The van der Waals surface area contributed by atoms with E-state index in [1.165, 1.54) is 0 Å². The molecule has 0 aliphatic rings. The van der Waals surface area contributed by atoms with Gasteiger partial charge in [-0.3, -0.25) is 9.59 Å². The highest BCUT2D eigenvalue weighted by Gasteiger charge is 2.12. The summed E-state index contributed by atoms with van der Waals surface area (Å²) in [4.78, 5) is 23.5. The van der Waals surface area contributed by atoms with Crippen LogP contribution in [0.3, 0.4) is 0 Å². The van der Waals surface area contributed by atoms with Crippen LogP contribution in [0.4, 0.5) is 0 Å². The zero-order valence-electron chi connectivity index (χ0n) is 11.2. The molecule has 0 fully saturated rings. The third-order valence-corrected chi connectivity index (χ3v) is 3.21. The third kappa shape index (κ3) is 4.91. The lowest BCUT2D eigenvalue weighted by Gasteiger charge is -2.15. The minimum absolute atomic E-state index is 0.0411. The van der Waals surface area contributed by atoms with Gasteiger partial charge < -0.3 is 10.6 Å². The van der Waals surface area contributed by atoms with Crippen LogP contribution in [-0.4, -0.2) is 24.4 Å². The van der Waals surface area contributed by atoms with Crippen LogP contribution in [-0.2, 0) is 4.79 Å². The van der Waals surface area contributed by atoms with E-state index in [1.54, 1.807) is 24.3 Å². The molecule has 2 N–H and O–H groups in total. The molecule has 0 unspecified atom stereocenters. The summed E-state index contributed by atoms with van der Waals surface area (Å²) in [6, 6.07) is 6.89. The fourth-order valence-corrected chi connectivity index (χ4v) is 1.89. The molecule has 1 rings (SSSR count). The number of carbonyl (C=O) groups is 2. The lowest BCUT2D eigenvalue weighted by Crippen LogP contribution is -2.41. The van der Waals surface area contributed by atoms with Crippen molar-refractivity contribution in [1.29, 1.82) is 0 Å². The molecule has 0 bridgehead atoms. The molecule has 4 nitrogen and oxygen atoms in total. The number of hydrogen-bond donors (Lipinski definition) is 2. The van der Waals surface area contributed by atoms with Gasteiger partial charge in [-0.15, -0.1) is 0 Å². The van der Waals surface area contributed by atoms with E-state index in [4.69, 9.17) is 11.6 Å². The van der Waals surface area contributed by atoms with Gasteiger partial charge in [-0.1, -0.05) is 37.6 Å². The van der Waals surface area contributed by atoms with E-state index in [9.17, 15) is 9.59 Å². The summed E-state index contributed by atoms with van der Waals surface area (Å²) in [5, 5.41) is 5.78. The zero-order valence-corrected chi connectivity index (χ0v) is 12.0. The van der Waals surface area contributed by atoms with Gasteiger partial charge in [0, 0.05) is 6.04 Å². The van der Waals surface area contributed by atoms with Crippen molar-refractivity contribution in [2.75, 3.05) is 6.54 Å². The summed E-state index contributed by atoms with van der Waals surface area (Å²) in [5.74, 6) is -0.528. The molecule has 0 saturated carbocycles. The summed E-state index contributed by atoms with van der Waals surface area (Å²) in [6.45, 7) is 3.98. The topological polar surface area (TPSA) is 58.2 Å². The van der Waals surface area contributed by atoms with Gasteiger partial charge in [-0.25, -0.2) is 0 Å². The van der Waals surface area contributed by atoms with E-state index in [0.717, 1.165) is 12.8 Å². The Balaban J connectivity index is 2.47. The fraction of sp³-hybridized carbons (Fsp3) is 0.429. The van der Waals surface area contributed by atoms with Crippen LogP contribution < -0.4 is 10.6 Å². The van der Waals surface area contributed by atoms with Crippen molar-refractivity contribution in [2.24, 2.45) is 0 Å². The Hall–Kier alpha value is -1.55. The van der Waals surface area contributed by atoms with Crippen molar-refractivity contribution in [3.63, 3.8) is 0 Å². The van der Waals surface area contributed by atoms with Gasteiger partial charge in [-0.05, 0) is 25.0 Å². The van der Waals surface area contributed by atoms with Gasteiger partial charge in [-0.2, -0.15) is 0 Å². The number of amides is 2. The van der Waals surface area contributed by atoms with Crippen LogP contribution in [0.25, 0.3) is 0 Å². The first-order valence-corrected chi connectivity index (χ1v) is 6.78. The zero-order chi connectivity index (χ0) is 14.3. The standard InChI is InChI=1S/C14H19ClN2O2/c1-3-10(4-2)17-13(18)9-16-14(19)11-7-5-6-8-12(11)15/h5-8,10H,3-4,9H2,1-2H3,(H,16,19)(H,17,18). The SMILES string of the molecule is CCC(CC)NC(=O)CNC(=O)c1ccccc1Cl. The third-order valence-electron chi connectivity index (χ3n) is 2.88. The Kier molecular flexibility index (Phi) is 6.36. The van der Waals surface area contributed by atoms with E-state index in [0.29, 0.717) is 10.6 Å². The molecule has 0 aromatic heterocycles. The summed E-state index contributed by atoms with van der Waals surface area (Å²) < 4.78 is 0. The molecule has 1 aromatic carbocycles. The second-order valence-electron chi connectivity index (χ2n) is 4.24. The van der Waals surface area contributed by atoms with Gasteiger partial charge in [0.1, 0.15) is 0 Å². The van der Waals surface area contributed by atoms with E-state index in [-0.39, 0.29) is 24.4 Å². The predicted octanol–water partition coefficient (Wildman–Crippen LogP) is 2.37. The van der Waals surface area contributed by atoms with Crippen LogP contribution >= 0.6 is 11.6 Å². The molecule has 2 amide bonds. The maximum absolute atomic E-state index is 11.8. The molecule has 0 atom stereocenters. The van der Waals surface area contributed by atoms with Crippen LogP contribution in [0.15, 0.2) is 24.3 Å². The van der Waals surface area contributed by atoms with Gasteiger partial charge in [0.25, 0.3) is 5.91 Å². The highest BCUT2D eigenvalue weighted by atomic mass is 35.5. The molecular weight excluding hydrogens is 264 g/mol. The van der Waals surface area contributed by atoms with E-state index >= 15 is 0 Å². The highest BCUT2D eigenvalue weighted by molar-refractivity contribution is 6.33. The smallest absolute Gasteiger partial charge is 0.253 e. The summed E-state index contributed by atoms with van der Waals surface area (Å²) in [7, 11) is 0. The van der Waals surface area contributed by atoms with Gasteiger partial charge >= 0.3 is 0 Å². The van der Waals surface area contributed by atoms with E-state index in [1.807, 2.05) is 13.8 Å². The fourth-order valence-electron chi connectivity index (χ4n) is 1.67. The largest absolute Gasteiger partial charge is 0.352 e. The molecule has 0 spiro atoms. The van der Waals surface area contributed by atoms with Crippen molar-refractivity contribution >= 4 is 23.4 Å². The van der Waals surface area contributed by atoms with Crippen molar-refractivity contribution in [2.45, 2.75) is 32.7 Å². The second-order valence-corrected chi connectivity index (χ2v) is 4.65. The normalized spacial score (nSPS) is 10.3. The monoisotopic (exact) mass is 282 g/mol. The summed E-state index contributed by atoms with van der Waals surface area (Å²) >= 11 is 5.90. The van der Waals surface area contributed by atoms with Crippen LogP contribution in [0.5, 0.6) is 0 Å². The Morgan fingerprint density at radius 3 is 2.42 bits per heavy atom. The Morgan fingerprint density at radius 1 is 1.21 bits per heavy atom. The van der Waals surface area contributed by atoms with Gasteiger partial charge in [0.05, 0.1) is 17.1 Å². The van der Waals surface area contributed by atoms with Crippen molar-refractivity contribution < 1.29 is 9.59 Å². The average molecular weight is 283 g/mol. The van der Waals surface area contributed by atoms with Crippen LogP contribution in [0.2, 0.25) is 5.02 Å². The van der Waals surface area contributed by atoms with Gasteiger partial charge in [0.2, 0.25) is 5.91 Å². The second kappa shape index (κ2) is 7.79. The number of hydrogen-bond acceptors (Lipinski definition) is 2. The number of rotatable bonds is 6. The first kappa shape index (κ1) is 15.5. The van der Waals surface area contributed by atoms with E-state index < -0.39 is 0 Å². The summed E-state index contributed by atoms with van der Waals surface area (Å²) in [6.07, 6.45) is 1.75. The molecule has 5 heteroatoms. The average Bonchev–Trinajstić information content (AvgIpc) is 2.42. The van der Waals surface area contributed by atoms with Crippen molar-refractivity contribution in [3.05, 3.63) is 34.9 Å². The number of carbonyl (C=O) groups excluding carboxylic acids is 2. The minimum atomic E-state index is -0.342. The molecule has 1 aromatic rings. The van der Waals surface area contributed by atoms with E-state index in [2.05, 4.69) is 10.6 Å². The van der Waals surface area contributed by atoms with Crippen LogP contribution in [0.1, 0.15) is 37.0 Å². The molecule has 0 aliphatic heterocycles. The first-order valence-electron chi connectivity index (χ1n) is 6.40. The van der Waals surface area contributed by atoms with Gasteiger partial charge in [0.15, 0.2) is 0 Å². The Morgan fingerprint density at radius 2 is 1.84 bits per heavy atom. The molecule has 0 aliphatic carbocycles. The maximum atomic E-state index is 11.8. The molecular formula is C14H19ClN2O2. The molecule has 19 heavy (non-hydrogen) atoms. The minimum Gasteiger partial charge on any atom is -0.352 e. The molecule has 104 valence electrons. The lowest BCUT2D eigenvalue weighted by molar-refractivity contribution is -0.120. The lowest BCUT2D eigenvalue weighted by atomic mass is 10.2. The maximum Gasteiger partial charge on any atom is 0.253 e. The van der Waals surface area contributed by atoms with Crippen molar-refractivity contribution in [3.8, 4) is 0 Å². The number of nitrogens with one attached hydrogen (secondary N) is 2. The van der Waals surface area contributed by atoms with Crippen LogP contribution in [0, 0.1) is 0 Å². The molecule has 0 radical (unpaired) electrons. The Bertz CT molecular complexity index is 445.